The van der Waals surface area contributed by atoms with E-state index in [0.29, 0.717) is 25.9 Å². The Hall–Kier alpha value is -1.10. The maximum absolute atomic E-state index is 12.0. The Kier molecular flexibility index (Phi) is 3.68. The summed E-state index contributed by atoms with van der Waals surface area (Å²) in [6.45, 7) is 4.84. The fraction of sp³-hybridized carbons (Fsp3) is 0.800. The molecule has 0 aromatic carbocycles. The van der Waals surface area contributed by atoms with Crippen LogP contribution in [0.25, 0.3) is 0 Å². The number of rotatable bonds is 4. The van der Waals surface area contributed by atoms with Crippen LogP contribution in [0, 0.1) is 0 Å². The lowest BCUT2D eigenvalue weighted by Gasteiger charge is -2.41. The molecule has 5 nitrogen and oxygen atoms in total. The number of hydrogen-bond donors (Lipinski definition) is 2. The minimum Gasteiger partial charge on any atom is -0.480 e. The van der Waals surface area contributed by atoms with Gasteiger partial charge in [0, 0.05) is 13.1 Å². The number of hydrogen-bond acceptors (Lipinski definition) is 3. The maximum atomic E-state index is 12.0. The molecule has 0 spiro atoms. The minimum atomic E-state index is -0.952. The van der Waals surface area contributed by atoms with Crippen molar-refractivity contribution < 1.29 is 14.7 Å². The molecule has 0 aromatic rings. The molecule has 1 heterocycles. The summed E-state index contributed by atoms with van der Waals surface area (Å²) in [6, 6.07) is 0. The molecular formula is C10H18N2O3. The third-order valence-electron chi connectivity index (χ3n) is 3.07. The summed E-state index contributed by atoms with van der Waals surface area (Å²) in [4.78, 5) is 24.1. The van der Waals surface area contributed by atoms with Gasteiger partial charge >= 0.3 is 5.97 Å². The fourth-order valence-electron chi connectivity index (χ4n) is 2.03. The number of nitrogens with one attached hydrogen (secondary N) is 1. The predicted octanol–water partition coefficient (Wildman–Crippen LogP) is 0.0616. The van der Waals surface area contributed by atoms with Crippen molar-refractivity contribution in [2.75, 3.05) is 19.6 Å². The van der Waals surface area contributed by atoms with E-state index in [1.807, 2.05) is 13.8 Å². The molecule has 1 fully saturated rings. The van der Waals surface area contributed by atoms with E-state index in [1.165, 1.54) is 4.90 Å². The monoisotopic (exact) mass is 214 g/mol. The molecule has 1 aliphatic rings. The lowest BCUT2D eigenvalue weighted by molar-refractivity contribution is -0.150. The number of carboxylic acid groups (broad SMARTS) is 1. The number of aliphatic carboxylic acids is 1. The highest BCUT2D eigenvalue weighted by atomic mass is 16.4. The first-order chi connectivity index (χ1) is 7.05. The van der Waals surface area contributed by atoms with Gasteiger partial charge in [0.05, 0.1) is 5.54 Å². The Morgan fingerprint density at radius 3 is 2.60 bits per heavy atom. The molecule has 1 aliphatic heterocycles. The molecule has 1 rings (SSSR count). The smallest absolute Gasteiger partial charge is 0.323 e. The van der Waals surface area contributed by atoms with Gasteiger partial charge in [0.25, 0.3) is 0 Å². The molecule has 0 atom stereocenters. The van der Waals surface area contributed by atoms with Crippen molar-refractivity contribution >= 4 is 11.9 Å². The van der Waals surface area contributed by atoms with Crippen LogP contribution >= 0.6 is 0 Å². The summed E-state index contributed by atoms with van der Waals surface area (Å²) in [7, 11) is 0. The number of carbonyl (C=O) groups is 2. The van der Waals surface area contributed by atoms with Crippen LogP contribution in [0.3, 0.4) is 0 Å². The maximum Gasteiger partial charge on any atom is 0.323 e. The molecular weight excluding hydrogens is 196 g/mol. The van der Waals surface area contributed by atoms with Crippen molar-refractivity contribution in [3.8, 4) is 0 Å². The van der Waals surface area contributed by atoms with Crippen molar-refractivity contribution in [1.82, 2.24) is 10.2 Å². The number of carbonyl (C=O) groups excluding carboxylic acids is 1. The first-order valence-corrected chi connectivity index (χ1v) is 5.32. The van der Waals surface area contributed by atoms with Crippen molar-refractivity contribution in [2.24, 2.45) is 0 Å². The van der Waals surface area contributed by atoms with Gasteiger partial charge in [-0.25, -0.2) is 0 Å². The topological polar surface area (TPSA) is 69.6 Å². The third kappa shape index (κ3) is 2.28. The lowest BCUT2D eigenvalue weighted by atomic mass is 9.89. The summed E-state index contributed by atoms with van der Waals surface area (Å²) in [6.07, 6.45) is 1.39. The molecule has 5 heteroatoms. The van der Waals surface area contributed by atoms with E-state index in [4.69, 9.17) is 5.11 Å². The summed E-state index contributed by atoms with van der Waals surface area (Å²) in [5.41, 5.74) is -0.548. The molecule has 1 amide bonds. The molecule has 0 bridgehead atoms. The summed E-state index contributed by atoms with van der Waals surface area (Å²) >= 11 is 0. The van der Waals surface area contributed by atoms with E-state index >= 15 is 0 Å². The second-order valence-electron chi connectivity index (χ2n) is 3.84. The summed E-state index contributed by atoms with van der Waals surface area (Å²) in [5.74, 6) is -1.03. The van der Waals surface area contributed by atoms with Gasteiger partial charge in [-0.3, -0.25) is 9.59 Å². The average molecular weight is 214 g/mol. The second-order valence-corrected chi connectivity index (χ2v) is 3.84. The first-order valence-electron chi connectivity index (χ1n) is 5.32. The third-order valence-corrected chi connectivity index (χ3v) is 3.07. The van der Waals surface area contributed by atoms with Crippen molar-refractivity contribution in [3.63, 3.8) is 0 Å². The van der Waals surface area contributed by atoms with E-state index in [-0.39, 0.29) is 12.5 Å². The van der Waals surface area contributed by atoms with Crippen LogP contribution in [0.5, 0.6) is 0 Å². The Morgan fingerprint density at radius 1 is 1.53 bits per heavy atom. The quantitative estimate of drug-likeness (QED) is 0.694. The lowest BCUT2D eigenvalue weighted by Crippen LogP contribution is -2.64. The zero-order chi connectivity index (χ0) is 11.5. The van der Waals surface area contributed by atoms with Gasteiger partial charge in [-0.05, 0) is 12.8 Å². The van der Waals surface area contributed by atoms with E-state index in [1.54, 1.807) is 0 Å². The van der Waals surface area contributed by atoms with E-state index in [9.17, 15) is 9.59 Å². The van der Waals surface area contributed by atoms with Gasteiger partial charge < -0.3 is 15.3 Å². The van der Waals surface area contributed by atoms with Crippen LogP contribution in [0.4, 0.5) is 0 Å². The van der Waals surface area contributed by atoms with Gasteiger partial charge in [0.15, 0.2) is 0 Å². The molecule has 0 radical (unpaired) electrons. The van der Waals surface area contributed by atoms with Gasteiger partial charge in [-0.2, -0.15) is 0 Å². The van der Waals surface area contributed by atoms with E-state index in [0.717, 1.165) is 0 Å². The molecule has 2 N–H and O–H groups in total. The normalized spacial score (nSPS) is 20.4. The van der Waals surface area contributed by atoms with Crippen molar-refractivity contribution in [2.45, 2.75) is 32.2 Å². The molecule has 0 saturated carbocycles. The zero-order valence-electron chi connectivity index (χ0n) is 9.25. The van der Waals surface area contributed by atoms with Crippen molar-refractivity contribution in [3.05, 3.63) is 0 Å². The molecule has 0 aliphatic carbocycles. The standard InChI is InChI=1S/C10H18N2O3/c1-3-10(4-2)9(15)12(6-5-11-10)7-8(13)14/h11H,3-7H2,1-2H3,(H,13,14). The molecule has 1 saturated heterocycles. The fourth-order valence-corrected chi connectivity index (χ4v) is 2.03. The van der Waals surface area contributed by atoms with Crippen LogP contribution in [0.2, 0.25) is 0 Å². The minimum absolute atomic E-state index is 0.0823. The average Bonchev–Trinajstić information content (AvgIpc) is 2.21. The number of carboxylic acids is 1. The van der Waals surface area contributed by atoms with Crippen LogP contribution in [0.15, 0.2) is 0 Å². The Morgan fingerprint density at radius 2 is 2.13 bits per heavy atom. The van der Waals surface area contributed by atoms with Crippen LogP contribution in [0.1, 0.15) is 26.7 Å². The molecule has 0 unspecified atom stereocenters. The first kappa shape index (κ1) is 12.0. The molecule has 86 valence electrons. The van der Waals surface area contributed by atoms with Gasteiger partial charge in [0.2, 0.25) is 5.91 Å². The Bertz CT molecular complexity index is 261. The number of piperazine rings is 1. The Labute approximate surface area is 89.4 Å². The van der Waals surface area contributed by atoms with Crippen LogP contribution in [-0.4, -0.2) is 47.1 Å². The highest BCUT2D eigenvalue weighted by Crippen LogP contribution is 2.21. The van der Waals surface area contributed by atoms with Crippen LogP contribution < -0.4 is 5.32 Å². The van der Waals surface area contributed by atoms with E-state index < -0.39 is 11.5 Å². The molecule has 15 heavy (non-hydrogen) atoms. The van der Waals surface area contributed by atoms with Crippen molar-refractivity contribution in [1.29, 1.82) is 0 Å². The Balaban J connectivity index is 2.78. The van der Waals surface area contributed by atoms with Crippen LogP contribution in [-0.2, 0) is 9.59 Å². The van der Waals surface area contributed by atoms with Gasteiger partial charge in [-0.1, -0.05) is 13.8 Å². The van der Waals surface area contributed by atoms with E-state index in [2.05, 4.69) is 5.32 Å². The highest BCUT2D eigenvalue weighted by molar-refractivity contribution is 5.89. The largest absolute Gasteiger partial charge is 0.480 e. The second kappa shape index (κ2) is 4.61. The summed E-state index contributed by atoms with van der Waals surface area (Å²) < 4.78 is 0. The predicted molar refractivity (Wildman–Crippen MR) is 55.5 cm³/mol. The number of nitrogens with zero attached hydrogens (tertiary/aromatic N) is 1. The van der Waals surface area contributed by atoms with Gasteiger partial charge in [0.1, 0.15) is 6.54 Å². The summed E-state index contributed by atoms with van der Waals surface area (Å²) in [5, 5.41) is 11.9. The highest BCUT2D eigenvalue weighted by Gasteiger charge is 2.40. The van der Waals surface area contributed by atoms with Gasteiger partial charge in [-0.15, -0.1) is 0 Å². The molecule has 0 aromatic heterocycles. The zero-order valence-corrected chi connectivity index (χ0v) is 9.25. The SMILES string of the molecule is CCC1(CC)NCCN(CC(=O)O)C1=O. The number of amides is 1.